The molecule has 2 aromatic rings. The van der Waals surface area contributed by atoms with Crippen LogP contribution in [-0.2, 0) is 22.1 Å². The van der Waals surface area contributed by atoms with Gasteiger partial charge in [-0.25, -0.2) is 4.39 Å². The molecule has 1 N–H and O–H groups in total. The summed E-state index contributed by atoms with van der Waals surface area (Å²) in [5.74, 6) is -0.569. The normalized spacial score (nSPS) is 20.0. The van der Waals surface area contributed by atoms with Crippen LogP contribution >= 0.6 is 0 Å². The summed E-state index contributed by atoms with van der Waals surface area (Å²) >= 11 is 0. The largest absolute Gasteiger partial charge is 0.355 e. The third-order valence-corrected chi connectivity index (χ3v) is 5.86. The van der Waals surface area contributed by atoms with Crippen molar-refractivity contribution in [1.82, 2.24) is 20.0 Å². The average molecular weight is 415 g/mol. The molecule has 2 heterocycles. The molecule has 1 aromatic carbocycles. The fourth-order valence-corrected chi connectivity index (χ4v) is 4.24. The van der Waals surface area contributed by atoms with Crippen LogP contribution in [0.25, 0.3) is 0 Å². The second-order valence-electron chi connectivity index (χ2n) is 9.64. The van der Waals surface area contributed by atoms with Gasteiger partial charge in [0.15, 0.2) is 0 Å². The van der Waals surface area contributed by atoms with Gasteiger partial charge in [-0.3, -0.25) is 14.3 Å². The van der Waals surface area contributed by atoms with Crippen LogP contribution in [0.1, 0.15) is 58.2 Å². The zero-order chi connectivity index (χ0) is 22.3. The Balaban J connectivity index is 1.80. The molecule has 0 radical (unpaired) electrons. The first-order valence-electron chi connectivity index (χ1n) is 10.3. The first-order valence-corrected chi connectivity index (χ1v) is 10.3. The van der Waals surface area contributed by atoms with Gasteiger partial charge in [0.05, 0.1) is 17.7 Å². The number of nitrogens with zero attached hydrogens (tertiary/aromatic N) is 3. The fourth-order valence-electron chi connectivity index (χ4n) is 4.24. The van der Waals surface area contributed by atoms with E-state index in [1.165, 1.54) is 12.1 Å². The highest BCUT2D eigenvalue weighted by Crippen LogP contribution is 2.42. The van der Waals surface area contributed by atoms with Crippen molar-refractivity contribution in [3.8, 4) is 0 Å². The lowest BCUT2D eigenvalue weighted by atomic mass is 9.83. The summed E-state index contributed by atoms with van der Waals surface area (Å²) in [6.07, 6.45) is 4.07. The maximum absolute atomic E-state index is 13.6. The number of carbonyl (C=O) groups excluding carboxylic acids is 2. The molecule has 2 atom stereocenters. The van der Waals surface area contributed by atoms with Gasteiger partial charge < -0.3 is 10.2 Å². The number of aryl methyl sites for hydroxylation is 1. The van der Waals surface area contributed by atoms with Crippen molar-refractivity contribution in [3.05, 3.63) is 53.6 Å². The smallest absolute Gasteiger partial charge is 0.230 e. The number of amides is 2. The topological polar surface area (TPSA) is 67.2 Å². The summed E-state index contributed by atoms with van der Waals surface area (Å²) < 4.78 is 15.4. The second-order valence-corrected chi connectivity index (χ2v) is 9.64. The van der Waals surface area contributed by atoms with Gasteiger partial charge in [0.25, 0.3) is 0 Å². The Morgan fingerprint density at radius 3 is 2.53 bits per heavy atom. The predicted molar refractivity (Wildman–Crippen MR) is 113 cm³/mol. The zero-order valence-corrected chi connectivity index (χ0v) is 18.6. The van der Waals surface area contributed by atoms with E-state index in [0.717, 1.165) is 5.56 Å². The molecule has 1 aliphatic rings. The minimum absolute atomic E-state index is 0.0694. The highest BCUT2D eigenvalue weighted by Gasteiger charge is 2.46. The fraction of sp³-hybridized carbons (Fsp3) is 0.522. The summed E-state index contributed by atoms with van der Waals surface area (Å²) in [6, 6.07) is 5.94. The van der Waals surface area contributed by atoms with E-state index < -0.39 is 5.41 Å². The number of nitrogens with one attached hydrogen (secondary N) is 1. The van der Waals surface area contributed by atoms with E-state index in [9.17, 15) is 14.0 Å². The summed E-state index contributed by atoms with van der Waals surface area (Å²) in [5, 5.41) is 7.29. The monoisotopic (exact) mass is 414 g/mol. The van der Waals surface area contributed by atoms with Crippen LogP contribution in [0.3, 0.4) is 0 Å². The quantitative estimate of drug-likeness (QED) is 0.816. The Kier molecular flexibility index (Phi) is 5.76. The second kappa shape index (κ2) is 7.85. The molecule has 0 unspecified atom stereocenters. The number of aromatic nitrogens is 2. The molecule has 0 saturated carbocycles. The minimum atomic E-state index is -0.891. The van der Waals surface area contributed by atoms with Crippen LogP contribution in [-0.4, -0.2) is 38.6 Å². The Bertz CT molecular complexity index is 945. The van der Waals surface area contributed by atoms with Gasteiger partial charge in [0.1, 0.15) is 5.82 Å². The van der Waals surface area contributed by atoms with Gasteiger partial charge in [-0.15, -0.1) is 0 Å². The SMILES string of the molecule is Cn1cc([C@H]2[C@H](CNC(=O)C(C)(C)c3cccc(F)c3)CC(=O)N2C(C)(C)C)cn1. The van der Waals surface area contributed by atoms with E-state index in [4.69, 9.17) is 0 Å². The van der Waals surface area contributed by atoms with E-state index in [0.29, 0.717) is 18.5 Å². The highest BCUT2D eigenvalue weighted by atomic mass is 19.1. The number of benzene rings is 1. The van der Waals surface area contributed by atoms with Crippen molar-refractivity contribution in [3.63, 3.8) is 0 Å². The third-order valence-electron chi connectivity index (χ3n) is 5.86. The molecular weight excluding hydrogens is 383 g/mol. The third kappa shape index (κ3) is 4.25. The van der Waals surface area contributed by atoms with Crippen LogP contribution in [0.2, 0.25) is 0 Å². The first kappa shape index (κ1) is 22.0. The van der Waals surface area contributed by atoms with Gasteiger partial charge in [-0.05, 0) is 52.3 Å². The predicted octanol–water partition coefficient (Wildman–Crippen LogP) is 3.34. The zero-order valence-electron chi connectivity index (χ0n) is 18.6. The van der Waals surface area contributed by atoms with Gasteiger partial charge in [0, 0.05) is 43.2 Å². The Hall–Kier alpha value is -2.70. The van der Waals surface area contributed by atoms with Crippen LogP contribution in [0.15, 0.2) is 36.7 Å². The lowest BCUT2D eigenvalue weighted by Crippen LogP contribution is -2.46. The van der Waals surface area contributed by atoms with Gasteiger partial charge >= 0.3 is 0 Å². The maximum atomic E-state index is 13.6. The van der Waals surface area contributed by atoms with Gasteiger partial charge in [-0.1, -0.05) is 12.1 Å². The number of likely N-dealkylation sites (tertiary alicyclic amines) is 1. The standard InChI is InChI=1S/C23H31FN4O2/c1-22(2,3)28-19(29)10-15(20(28)16-13-26-27(6)14-16)12-25-21(30)23(4,5)17-8-7-9-18(24)11-17/h7-9,11,13-15,20H,10,12H2,1-6H3,(H,25,30)/t15-,20+/m0/s1. The van der Waals surface area contributed by atoms with Crippen molar-refractivity contribution in [2.24, 2.45) is 13.0 Å². The number of hydrogen-bond acceptors (Lipinski definition) is 3. The molecule has 2 amide bonds. The molecular formula is C23H31FN4O2. The van der Waals surface area contributed by atoms with Gasteiger partial charge in [-0.2, -0.15) is 5.10 Å². The van der Waals surface area contributed by atoms with Crippen LogP contribution in [0.5, 0.6) is 0 Å². The van der Waals surface area contributed by atoms with Crippen LogP contribution in [0, 0.1) is 11.7 Å². The molecule has 162 valence electrons. The molecule has 1 saturated heterocycles. The number of carbonyl (C=O) groups is 2. The van der Waals surface area contributed by atoms with E-state index in [-0.39, 0.29) is 35.1 Å². The van der Waals surface area contributed by atoms with Gasteiger partial charge in [0.2, 0.25) is 11.8 Å². The molecule has 1 fully saturated rings. The maximum Gasteiger partial charge on any atom is 0.230 e. The molecule has 0 aliphatic carbocycles. The van der Waals surface area contributed by atoms with E-state index >= 15 is 0 Å². The van der Waals surface area contributed by atoms with Crippen molar-refractivity contribution in [2.45, 2.75) is 58.0 Å². The molecule has 0 spiro atoms. The highest BCUT2D eigenvalue weighted by molar-refractivity contribution is 5.87. The molecule has 0 bridgehead atoms. The van der Waals surface area contributed by atoms with Crippen molar-refractivity contribution >= 4 is 11.8 Å². The minimum Gasteiger partial charge on any atom is -0.355 e. The van der Waals surface area contributed by atoms with Crippen molar-refractivity contribution in [2.75, 3.05) is 6.54 Å². The number of rotatable bonds is 5. The average Bonchev–Trinajstić information content (AvgIpc) is 3.21. The Morgan fingerprint density at radius 1 is 1.27 bits per heavy atom. The van der Waals surface area contributed by atoms with Crippen LogP contribution in [0.4, 0.5) is 4.39 Å². The Morgan fingerprint density at radius 2 is 1.97 bits per heavy atom. The number of hydrogen-bond donors (Lipinski definition) is 1. The molecule has 3 rings (SSSR count). The van der Waals surface area contributed by atoms with E-state index in [1.807, 2.05) is 38.9 Å². The molecule has 1 aromatic heterocycles. The Labute approximate surface area is 177 Å². The van der Waals surface area contributed by atoms with E-state index in [1.54, 1.807) is 36.9 Å². The molecule has 30 heavy (non-hydrogen) atoms. The summed E-state index contributed by atoms with van der Waals surface area (Å²) in [6.45, 7) is 9.95. The van der Waals surface area contributed by atoms with E-state index in [2.05, 4.69) is 10.4 Å². The van der Waals surface area contributed by atoms with Crippen LogP contribution < -0.4 is 5.32 Å². The summed E-state index contributed by atoms with van der Waals surface area (Å²) in [5.41, 5.74) is 0.333. The van der Waals surface area contributed by atoms with Crippen molar-refractivity contribution in [1.29, 1.82) is 0 Å². The molecule has 1 aliphatic heterocycles. The summed E-state index contributed by atoms with van der Waals surface area (Å²) in [4.78, 5) is 27.8. The first-order chi connectivity index (χ1) is 13.9. The summed E-state index contributed by atoms with van der Waals surface area (Å²) in [7, 11) is 1.85. The molecule has 7 heteroatoms. The number of halogens is 1. The lowest BCUT2D eigenvalue weighted by Gasteiger charge is -2.38. The molecule has 6 nitrogen and oxygen atoms in total. The van der Waals surface area contributed by atoms with Crippen molar-refractivity contribution < 1.29 is 14.0 Å². The lowest BCUT2D eigenvalue weighted by molar-refractivity contribution is -0.133.